The van der Waals surface area contributed by atoms with Crippen molar-refractivity contribution in [3.63, 3.8) is 0 Å². The maximum absolute atomic E-state index is 11.1. The zero-order valence-electron chi connectivity index (χ0n) is 11.6. The van der Waals surface area contributed by atoms with E-state index in [2.05, 4.69) is 37.0 Å². The predicted molar refractivity (Wildman–Crippen MR) is 78.0 cm³/mol. The summed E-state index contributed by atoms with van der Waals surface area (Å²) in [5.74, 6) is -0.172. The van der Waals surface area contributed by atoms with Gasteiger partial charge in [0.15, 0.2) is 5.59 Å². The number of carbonyl (C=O) groups is 1. The third kappa shape index (κ3) is 8.05. The maximum atomic E-state index is 11.1. The molecule has 2 unspecified atom stereocenters. The Morgan fingerprint density at radius 2 is 1.35 bits per heavy atom. The molecular weight excluding hydrogens is 254 g/mol. The standard InChI is InChI=1S/C11H26N2O2P2/c1-6-12(7-2)16-11(15-10(5)14)17-13(8-3)9-4/h11,16-17H,6-9H2,1-5H3. The molecule has 0 aromatic carbocycles. The van der Waals surface area contributed by atoms with Crippen LogP contribution in [-0.4, -0.2) is 47.1 Å². The van der Waals surface area contributed by atoms with Crippen molar-refractivity contribution in [3.05, 3.63) is 0 Å². The molecule has 0 aromatic heterocycles. The van der Waals surface area contributed by atoms with Gasteiger partial charge in [-0.3, -0.25) is 14.1 Å². The minimum absolute atomic E-state index is 0.0345. The van der Waals surface area contributed by atoms with Gasteiger partial charge in [-0.2, -0.15) is 0 Å². The number of esters is 1. The van der Waals surface area contributed by atoms with Crippen LogP contribution >= 0.6 is 17.5 Å². The van der Waals surface area contributed by atoms with E-state index in [0.717, 1.165) is 26.2 Å². The molecule has 0 fully saturated rings. The van der Waals surface area contributed by atoms with Crippen molar-refractivity contribution in [1.82, 2.24) is 9.34 Å². The van der Waals surface area contributed by atoms with Crippen LogP contribution in [-0.2, 0) is 9.53 Å². The molecule has 0 aromatic rings. The summed E-state index contributed by atoms with van der Waals surface area (Å²) in [5, 5.41) is 0. The Labute approximate surface area is 109 Å². The van der Waals surface area contributed by atoms with Crippen molar-refractivity contribution in [3.8, 4) is 0 Å². The van der Waals surface area contributed by atoms with Crippen LogP contribution in [0.25, 0.3) is 0 Å². The average molecular weight is 280 g/mol. The van der Waals surface area contributed by atoms with Crippen LogP contribution in [0.5, 0.6) is 0 Å². The zero-order valence-corrected chi connectivity index (χ0v) is 13.6. The van der Waals surface area contributed by atoms with E-state index in [9.17, 15) is 4.79 Å². The van der Waals surface area contributed by atoms with Crippen molar-refractivity contribution < 1.29 is 9.53 Å². The second-order valence-corrected chi connectivity index (χ2v) is 7.00. The van der Waals surface area contributed by atoms with Gasteiger partial charge < -0.3 is 4.74 Å². The highest BCUT2D eigenvalue weighted by atomic mass is 31.1. The van der Waals surface area contributed by atoms with Crippen LogP contribution in [0.2, 0.25) is 0 Å². The number of hydrogen-bond acceptors (Lipinski definition) is 4. The van der Waals surface area contributed by atoms with Crippen molar-refractivity contribution in [2.24, 2.45) is 0 Å². The first-order chi connectivity index (χ1) is 8.07. The van der Waals surface area contributed by atoms with Gasteiger partial charge in [0, 0.05) is 6.92 Å². The number of nitrogens with zero attached hydrogens (tertiary/aromatic N) is 2. The first kappa shape index (κ1) is 17.2. The van der Waals surface area contributed by atoms with Crippen molar-refractivity contribution in [1.29, 1.82) is 0 Å². The Bertz CT molecular complexity index is 196. The molecule has 0 spiro atoms. The summed E-state index contributed by atoms with van der Waals surface area (Å²) in [6, 6.07) is 0. The van der Waals surface area contributed by atoms with Crippen LogP contribution in [0.15, 0.2) is 0 Å². The van der Waals surface area contributed by atoms with Crippen molar-refractivity contribution in [2.75, 3.05) is 26.2 Å². The van der Waals surface area contributed by atoms with E-state index in [-0.39, 0.29) is 11.6 Å². The van der Waals surface area contributed by atoms with E-state index in [1.807, 2.05) is 0 Å². The van der Waals surface area contributed by atoms with E-state index in [0.29, 0.717) is 17.5 Å². The van der Waals surface area contributed by atoms with E-state index in [1.165, 1.54) is 6.92 Å². The molecule has 102 valence electrons. The van der Waals surface area contributed by atoms with Gasteiger partial charge in [0.05, 0.1) is 0 Å². The highest BCUT2D eigenvalue weighted by Crippen LogP contribution is 2.39. The zero-order chi connectivity index (χ0) is 13.3. The fraction of sp³-hybridized carbons (Fsp3) is 0.909. The molecule has 0 rings (SSSR count). The SMILES string of the molecule is CCN(CC)PC(OC(C)=O)PN(CC)CC. The van der Waals surface area contributed by atoms with Gasteiger partial charge in [0.1, 0.15) is 0 Å². The highest BCUT2D eigenvalue weighted by molar-refractivity contribution is 7.54. The fourth-order valence-electron chi connectivity index (χ4n) is 1.39. The number of hydrogen-bond donors (Lipinski definition) is 0. The molecule has 0 aliphatic rings. The third-order valence-electron chi connectivity index (χ3n) is 2.41. The molecule has 0 aliphatic carbocycles. The molecule has 0 saturated heterocycles. The monoisotopic (exact) mass is 280 g/mol. The lowest BCUT2D eigenvalue weighted by Gasteiger charge is -2.28. The average Bonchev–Trinajstić information content (AvgIpc) is 2.31. The highest BCUT2D eigenvalue weighted by Gasteiger charge is 2.17. The van der Waals surface area contributed by atoms with Gasteiger partial charge in [0.25, 0.3) is 0 Å². The van der Waals surface area contributed by atoms with E-state index < -0.39 is 0 Å². The van der Waals surface area contributed by atoms with Gasteiger partial charge in [0.2, 0.25) is 0 Å². The second kappa shape index (κ2) is 10.2. The fourth-order valence-corrected chi connectivity index (χ4v) is 4.55. The van der Waals surface area contributed by atoms with E-state index in [1.54, 1.807) is 0 Å². The lowest BCUT2D eigenvalue weighted by atomic mass is 10.7. The quantitative estimate of drug-likeness (QED) is 0.480. The summed E-state index contributed by atoms with van der Waals surface area (Å²) in [7, 11) is 1.13. The Morgan fingerprint density at radius 3 is 1.59 bits per heavy atom. The topological polar surface area (TPSA) is 32.8 Å². The summed E-state index contributed by atoms with van der Waals surface area (Å²) in [6.07, 6.45) is 0. The Morgan fingerprint density at radius 1 is 1.00 bits per heavy atom. The van der Waals surface area contributed by atoms with Crippen molar-refractivity contribution in [2.45, 2.75) is 40.2 Å². The van der Waals surface area contributed by atoms with Gasteiger partial charge in [-0.25, -0.2) is 0 Å². The normalized spacial score (nSPS) is 14.5. The van der Waals surface area contributed by atoms with Crippen LogP contribution < -0.4 is 0 Å². The van der Waals surface area contributed by atoms with Gasteiger partial charge >= 0.3 is 5.97 Å². The minimum Gasteiger partial charge on any atom is -0.451 e. The molecule has 0 saturated carbocycles. The van der Waals surface area contributed by atoms with Crippen LogP contribution in [0.3, 0.4) is 0 Å². The summed E-state index contributed by atoms with van der Waals surface area (Å²) in [4.78, 5) is 11.1. The predicted octanol–water partition coefficient (Wildman–Crippen LogP) is 2.70. The minimum atomic E-state index is -0.172. The van der Waals surface area contributed by atoms with Crippen LogP contribution in [0.4, 0.5) is 0 Å². The molecule has 2 atom stereocenters. The van der Waals surface area contributed by atoms with Gasteiger partial charge in [-0.15, -0.1) is 0 Å². The van der Waals surface area contributed by atoms with Crippen LogP contribution in [0, 0.1) is 0 Å². The summed E-state index contributed by atoms with van der Waals surface area (Å²) in [5.41, 5.74) is 0.0345. The van der Waals surface area contributed by atoms with Gasteiger partial charge in [-0.05, 0) is 43.6 Å². The number of ether oxygens (including phenoxy) is 1. The first-order valence-electron chi connectivity index (χ1n) is 6.26. The lowest BCUT2D eigenvalue weighted by Crippen LogP contribution is -2.22. The summed E-state index contributed by atoms with van der Waals surface area (Å²) < 4.78 is 10.1. The molecule has 0 amide bonds. The molecule has 0 radical (unpaired) electrons. The maximum Gasteiger partial charge on any atom is 0.303 e. The molecular formula is C11H26N2O2P2. The molecule has 4 nitrogen and oxygen atoms in total. The molecule has 0 heterocycles. The smallest absolute Gasteiger partial charge is 0.303 e. The Balaban J connectivity index is 4.35. The summed E-state index contributed by atoms with van der Waals surface area (Å²) >= 11 is 0. The Kier molecular flexibility index (Phi) is 10.3. The van der Waals surface area contributed by atoms with Crippen molar-refractivity contribution >= 4 is 23.4 Å². The van der Waals surface area contributed by atoms with Gasteiger partial charge in [-0.1, -0.05) is 27.7 Å². The molecule has 6 heteroatoms. The van der Waals surface area contributed by atoms with E-state index in [4.69, 9.17) is 4.74 Å². The second-order valence-electron chi connectivity index (χ2n) is 3.59. The molecule has 0 aliphatic heterocycles. The third-order valence-corrected chi connectivity index (χ3v) is 5.88. The lowest BCUT2D eigenvalue weighted by molar-refractivity contribution is -0.140. The summed E-state index contributed by atoms with van der Waals surface area (Å²) in [6.45, 7) is 14.1. The Hall–Kier alpha value is 0.250. The molecule has 0 bridgehead atoms. The number of rotatable bonds is 9. The molecule has 17 heavy (non-hydrogen) atoms. The van der Waals surface area contributed by atoms with Crippen LogP contribution in [0.1, 0.15) is 34.6 Å². The number of carbonyl (C=O) groups excluding carboxylic acids is 1. The van der Waals surface area contributed by atoms with E-state index >= 15 is 0 Å². The first-order valence-corrected chi connectivity index (χ1v) is 8.31. The molecule has 0 N–H and O–H groups in total. The largest absolute Gasteiger partial charge is 0.451 e.